The molecule has 0 spiro atoms. The Labute approximate surface area is 106 Å². The fourth-order valence-electron chi connectivity index (χ4n) is 1.70. The molecule has 1 aromatic heterocycles. The molecule has 94 valence electrons. The molecule has 2 aromatic rings. The van der Waals surface area contributed by atoms with E-state index in [0.29, 0.717) is 0 Å². The summed E-state index contributed by atoms with van der Waals surface area (Å²) < 4.78 is 5.22. The molecule has 0 radical (unpaired) electrons. The molecule has 0 saturated carbocycles. The summed E-state index contributed by atoms with van der Waals surface area (Å²) in [6.07, 6.45) is 1.59. The van der Waals surface area contributed by atoms with Crippen molar-refractivity contribution in [2.75, 3.05) is 5.32 Å². The zero-order chi connectivity index (χ0) is 13.0. The molecular weight excluding hydrogens is 228 g/mol. The average molecular weight is 244 g/mol. The lowest BCUT2D eigenvalue weighted by atomic mass is 10.2. The van der Waals surface area contributed by atoms with Crippen LogP contribution < -0.4 is 10.6 Å². The van der Waals surface area contributed by atoms with Crippen LogP contribution in [-0.2, 0) is 0 Å². The van der Waals surface area contributed by atoms with Gasteiger partial charge in [0.1, 0.15) is 5.76 Å². The first-order chi connectivity index (χ1) is 8.65. The highest BCUT2D eigenvalue weighted by molar-refractivity contribution is 5.89. The third kappa shape index (κ3) is 3.13. The Bertz CT molecular complexity index is 520. The second-order valence-corrected chi connectivity index (χ2v) is 4.21. The first kappa shape index (κ1) is 12.2. The summed E-state index contributed by atoms with van der Waals surface area (Å²) in [7, 11) is 0. The van der Waals surface area contributed by atoms with Crippen molar-refractivity contribution in [3.63, 3.8) is 0 Å². The van der Waals surface area contributed by atoms with Crippen molar-refractivity contribution in [1.82, 2.24) is 5.32 Å². The SMILES string of the molecule is Cc1cccc(NC(=O)N[C@H](C)c2ccco2)c1. The number of hydrogen-bond acceptors (Lipinski definition) is 2. The highest BCUT2D eigenvalue weighted by Crippen LogP contribution is 2.13. The van der Waals surface area contributed by atoms with E-state index in [0.717, 1.165) is 17.0 Å². The van der Waals surface area contributed by atoms with Crippen LogP contribution in [-0.4, -0.2) is 6.03 Å². The Morgan fingerprint density at radius 2 is 2.11 bits per heavy atom. The lowest BCUT2D eigenvalue weighted by Gasteiger charge is -2.12. The van der Waals surface area contributed by atoms with Gasteiger partial charge in [-0.05, 0) is 43.7 Å². The summed E-state index contributed by atoms with van der Waals surface area (Å²) in [6.45, 7) is 3.85. The minimum absolute atomic E-state index is 0.162. The van der Waals surface area contributed by atoms with Crippen molar-refractivity contribution in [2.45, 2.75) is 19.9 Å². The highest BCUT2D eigenvalue weighted by Gasteiger charge is 2.11. The summed E-state index contributed by atoms with van der Waals surface area (Å²) in [5.74, 6) is 0.731. The molecule has 2 amide bonds. The molecule has 0 aliphatic heterocycles. The quantitative estimate of drug-likeness (QED) is 0.868. The van der Waals surface area contributed by atoms with E-state index in [-0.39, 0.29) is 12.1 Å². The Balaban J connectivity index is 1.93. The van der Waals surface area contributed by atoms with Gasteiger partial charge in [-0.3, -0.25) is 0 Å². The zero-order valence-corrected chi connectivity index (χ0v) is 10.4. The number of anilines is 1. The lowest BCUT2D eigenvalue weighted by Crippen LogP contribution is -2.30. The lowest BCUT2D eigenvalue weighted by molar-refractivity contribution is 0.247. The van der Waals surface area contributed by atoms with E-state index in [1.54, 1.807) is 12.3 Å². The third-order valence-electron chi connectivity index (χ3n) is 2.59. The smallest absolute Gasteiger partial charge is 0.319 e. The molecule has 4 nitrogen and oxygen atoms in total. The van der Waals surface area contributed by atoms with E-state index in [4.69, 9.17) is 4.42 Å². The number of rotatable bonds is 3. The molecule has 1 atom stereocenters. The maximum atomic E-state index is 11.8. The highest BCUT2D eigenvalue weighted by atomic mass is 16.3. The standard InChI is InChI=1S/C14H16N2O2/c1-10-5-3-6-12(9-10)16-14(17)15-11(2)13-7-4-8-18-13/h3-9,11H,1-2H3,(H2,15,16,17)/t11-/m1/s1. The van der Waals surface area contributed by atoms with Crippen LogP contribution in [0.4, 0.5) is 10.5 Å². The van der Waals surface area contributed by atoms with Crippen LogP contribution in [0.3, 0.4) is 0 Å². The number of carbonyl (C=O) groups is 1. The number of aryl methyl sites for hydroxylation is 1. The minimum atomic E-state index is -0.246. The van der Waals surface area contributed by atoms with Crippen molar-refractivity contribution in [3.8, 4) is 0 Å². The van der Waals surface area contributed by atoms with Gasteiger partial charge in [-0.25, -0.2) is 4.79 Å². The van der Waals surface area contributed by atoms with Gasteiger partial charge in [-0.2, -0.15) is 0 Å². The van der Waals surface area contributed by atoms with Crippen LogP contribution in [0, 0.1) is 6.92 Å². The molecule has 0 fully saturated rings. The fourth-order valence-corrected chi connectivity index (χ4v) is 1.70. The summed E-state index contributed by atoms with van der Waals surface area (Å²) in [5, 5.41) is 5.59. The van der Waals surface area contributed by atoms with Gasteiger partial charge in [0.25, 0.3) is 0 Å². The summed E-state index contributed by atoms with van der Waals surface area (Å²) in [6, 6.07) is 10.9. The van der Waals surface area contributed by atoms with E-state index >= 15 is 0 Å². The Morgan fingerprint density at radius 3 is 2.78 bits per heavy atom. The van der Waals surface area contributed by atoms with Gasteiger partial charge >= 0.3 is 6.03 Å². The van der Waals surface area contributed by atoms with Gasteiger partial charge in [0, 0.05) is 5.69 Å². The first-order valence-electron chi connectivity index (χ1n) is 5.83. The van der Waals surface area contributed by atoms with Crippen molar-refractivity contribution in [2.24, 2.45) is 0 Å². The molecule has 2 N–H and O–H groups in total. The summed E-state index contributed by atoms with van der Waals surface area (Å²) >= 11 is 0. The number of nitrogens with one attached hydrogen (secondary N) is 2. The first-order valence-corrected chi connectivity index (χ1v) is 5.83. The van der Waals surface area contributed by atoms with Gasteiger partial charge in [0.05, 0.1) is 12.3 Å². The van der Waals surface area contributed by atoms with E-state index < -0.39 is 0 Å². The number of benzene rings is 1. The van der Waals surface area contributed by atoms with Crippen LogP contribution in [0.5, 0.6) is 0 Å². The average Bonchev–Trinajstić information content (AvgIpc) is 2.81. The minimum Gasteiger partial charge on any atom is -0.467 e. The topological polar surface area (TPSA) is 54.3 Å². The van der Waals surface area contributed by atoms with Crippen molar-refractivity contribution < 1.29 is 9.21 Å². The molecule has 2 rings (SSSR count). The summed E-state index contributed by atoms with van der Waals surface area (Å²) in [5.41, 5.74) is 1.88. The fraction of sp³-hybridized carbons (Fsp3) is 0.214. The van der Waals surface area contributed by atoms with Crippen molar-refractivity contribution >= 4 is 11.7 Å². The molecule has 1 heterocycles. The van der Waals surface area contributed by atoms with Crippen LogP contribution in [0.25, 0.3) is 0 Å². The van der Waals surface area contributed by atoms with E-state index in [2.05, 4.69) is 10.6 Å². The van der Waals surface area contributed by atoms with Crippen LogP contribution in [0.15, 0.2) is 47.1 Å². The second-order valence-electron chi connectivity index (χ2n) is 4.21. The molecule has 4 heteroatoms. The van der Waals surface area contributed by atoms with E-state index in [9.17, 15) is 4.79 Å². The van der Waals surface area contributed by atoms with Crippen LogP contribution in [0.2, 0.25) is 0 Å². The van der Waals surface area contributed by atoms with Gasteiger partial charge in [0.15, 0.2) is 0 Å². The predicted octanol–water partition coefficient (Wildman–Crippen LogP) is 3.47. The number of amides is 2. The van der Waals surface area contributed by atoms with Gasteiger partial charge < -0.3 is 15.1 Å². The van der Waals surface area contributed by atoms with Crippen LogP contribution in [0.1, 0.15) is 24.3 Å². The van der Waals surface area contributed by atoms with Gasteiger partial charge in [-0.15, -0.1) is 0 Å². The monoisotopic (exact) mass is 244 g/mol. The van der Waals surface area contributed by atoms with E-state index in [1.807, 2.05) is 44.2 Å². The molecular formula is C14H16N2O2. The zero-order valence-electron chi connectivity index (χ0n) is 10.4. The molecule has 1 aromatic carbocycles. The molecule has 18 heavy (non-hydrogen) atoms. The Morgan fingerprint density at radius 1 is 1.28 bits per heavy atom. The second kappa shape index (κ2) is 5.40. The molecule has 0 aliphatic carbocycles. The maximum absolute atomic E-state index is 11.8. The Hall–Kier alpha value is -2.23. The Kier molecular flexibility index (Phi) is 3.67. The number of furan rings is 1. The van der Waals surface area contributed by atoms with Gasteiger partial charge in [0.2, 0.25) is 0 Å². The molecule has 0 aliphatic rings. The molecule has 0 saturated heterocycles. The molecule has 0 unspecified atom stereocenters. The summed E-state index contributed by atoms with van der Waals surface area (Å²) in [4.78, 5) is 11.8. The largest absolute Gasteiger partial charge is 0.467 e. The third-order valence-corrected chi connectivity index (χ3v) is 2.59. The van der Waals surface area contributed by atoms with Crippen LogP contribution >= 0.6 is 0 Å². The van der Waals surface area contributed by atoms with Crippen molar-refractivity contribution in [3.05, 3.63) is 54.0 Å². The normalized spacial score (nSPS) is 11.9. The van der Waals surface area contributed by atoms with Gasteiger partial charge in [-0.1, -0.05) is 12.1 Å². The number of hydrogen-bond donors (Lipinski definition) is 2. The number of carbonyl (C=O) groups excluding carboxylic acids is 1. The maximum Gasteiger partial charge on any atom is 0.319 e. The van der Waals surface area contributed by atoms with Crippen molar-refractivity contribution in [1.29, 1.82) is 0 Å². The molecule has 0 bridgehead atoms. The number of urea groups is 1. The van der Waals surface area contributed by atoms with E-state index in [1.165, 1.54) is 0 Å². The predicted molar refractivity (Wildman–Crippen MR) is 70.5 cm³/mol.